The number of halogens is 2. The predicted molar refractivity (Wildman–Crippen MR) is 115 cm³/mol. The Kier molecular flexibility index (Phi) is 7.53. The first-order valence-corrected chi connectivity index (χ1v) is 10.4. The molecule has 0 spiro atoms. The molecule has 1 aliphatic heterocycles. The fourth-order valence-corrected chi connectivity index (χ4v) is 4.17. The number of rotatable bonds is 6. The zero-order valence-corrected chi connectivity index (χ0v) is 17.7. The van der Waals surface area contributed by atoms with Crippen LogP contribution in [-0.4, -0.2) is 38.1 Å². The maximum absolute atomic E-state index is 12.7. The van der Waals surface area contributed by atoms with E-state index in [1.807, 2.05) is 12.1 Å². The molecule has 0 radical (unpaired) electrons. The van der Waals surface area contributed by atoms with Gasteiger partial charge in [0.15, 0.2) is 0 Å². The molecule has 2 N–H and O–H groups in total. The van der Waals surface area contributed by atoms with Crippen molar-refractivity contribution in [2.75, 3.05) is 20.2 Å². The number of carbonyl (C=O) groups excluding carboxylic acids is 2. The highest BCUT2D eigenvalue weighted by Gasteiger charge is 2.25. The molecule has 3 rings (SSSR count). The number of piperidine rings is 1. The van der Waals surface area contributed by atoms with Gasteiger partial charge in [-0.25, -0.2) is 4.79 Å². The molecule has 1 aliphatic rings. The van der Waals surface area contributed by atoms with Crippen molar-refractivity contribution in [3.8, 4) is 0 Å². The van der Waals surface area contributed by atoms with Gasteiger partial charge in [0.2, 0.25) is 0 Å². The summed E-state index contributed by atoms with van der Waals surface area (Å²) in [4.78, 5) is 24.9. The van der Waals surface area contributed by atoms with Crippen molar-refractivity contribution in [2.24, 2.45) is 0 Å². The van der Waals surface area contributed by atoms with Gasteiger partial charge in [-0.3, -0.25) is 4.79 Å². The molecule has 0 bridgehead atoms. The first-order chi connectivity index (χ1) is 14.0. The van der Waals surface area contributed by atoms with Crippen LogP contribution in [0.5, 0.6) is 0 Å². The molecule has 0 aliphatic carbocycles. The lowest BCUT2D eigenvalue weighted by molar-refractivity contribution is -0.142. The quantitative estimate of drug-likeness (QED) is 0.674. The van der Waals surface area contributed by atoms with Crippen molar-refractivity contribution in [3.63, 3.8) is 0 Å². The third-order valence-corrected chi connectivity index (χ3v) is 5.84. The van der Waals surface area contributed by atoms with Crippen molar-refractivity contribution in [1.29, 1.82) is 0 Å². The Hall–Kier alpha value is -2.08. The maximum Gasteiger partial charge on any atom is 0.328 e. The molecule has 1 heterocycles. The SMILES string of the molecule is COC(=O)C(Cc1ccc(C2CCNCC2)cc1)NC(=O)c1c(Cl)cccc1Cl. The molecule has 0 aromatic heterocycles. The van der Waals surface area contributed by atoms with Crippen molar-refractivity contribution in [3.05, 3.63) is 69.2 Å². The van der Waals surface area contributed by atoms with E-state index in [0.29, 0.717) is 12.3 Å². The number of amides is 1. The zero-order chi connectivity index (χ0) is 20.8. The summed E-state index contributed by atoms with van der Waals surface area (Å²) in [5.74, 6) is -0.477. The summed E-state index contributed by atoms with van der Waals surface area (Å²) >= 11 is 12.2. The highest BCUT2D eigenvalue weighted by atomic mass is 35.5. The molecule has 29 heavy (non-hydrogen) atoms. The normalized spacial score (nSPS) is 15.6. The van der Waals surface area contributed by atoms with Gasteiger partial charge in [-0.1, -0.05) is 53.5 Å². The lowest BCUT2D eigenvalue weighted by Gasteiger charge is -2.23. The Morgan fingerprint density at radius 3 is 2.31 bits per heavy atom. The molecule has 1 amide bonds. The molecule has 2 aromatic carbocycles. The first-order valence-electron chi connectivity index (χ1n) is 9.62. The molecule has 2 aromatic rings. The van der Waals surface area contributed by atoms with Gasteiger partial charge in [0.1, 0.15) is 6.04 Å². The van der Waals surface area contributed by atoms with Gasteiger partial charge in [-0.05, 0) is 55.1 Å². The van der Waals surface area contributed by atoms with E-state index < -0.39 is 17.9 Å². The molecule has 5 nitrogen and oxygen atoms in total. The molecule has 1 atom stereocenters. The monoisotopic (exact) mass is 434 g/mol. The van der Waals surface area contributed by atoms with Gasteiger partial charge in [-0.15, -0.1) is 0 Å². The number of ether oxygens (including phenoxy) is 1. The fourth-order valence-electron chi connectivity index (χ4n) is 3.60. The molecule has 7 heteroatoms. The topological polar surface area (TPSA) is 67.4 Å². The van der Waals surface area contributed by atoms with Crippen LogP contribution in [0.3, 0.4) is 0 Å². The van der Waals surface area contributed by atoms with Crippen LogP contribution in [-0.2, 0) is 16.0 Å². The van der Waals surface area contributed by atoms with Crippen LogP contribution in [0.25, 0.3) is 0 Å². The number of benzene rings is 2. The van der Waals surface area contributed by atoms with Gasteiger partial charge in [0.25, 0.3) is 5.91 Å². The van der Waals surface area contributed by atoms with Crippen molar-refractivity contribution in [2.45, 2.75) is 31.2 Å². The van der Waals surface area contributed by atoms with Crippen LogP contribution in [0.15, 0.2) is 42.5 Å². The molecule has 154 valence electrons. The van der Waals surface area contributed by atoms with Gasteiger partial charge in [0, 0.05) is 6.42 Å². The minimum absolute atomic E-state index is 0.144. The Balaban J connectivity index is 1.72. The van der Waals surface area contributed by atoms with E-state index in [1.165, 1.54) is 12.7 Å². The molecule has 1 unspecified atom stereocenters. The number of esters is 1. The lowest BCUT2D eigenvalue weighted by Crippen LogP contribution is -2.43. The third-order valence-electron chi connectivity index (χ3n) is 5.21. The highest BCUT2D eigenvalue weighted by Crippen LogP contribution is 2.26. The summed E-state index contributed by atoms with van der Waals surface area (Å²) in [6.45, 7) is 2.07. The van der Waals surface area contributed by atoms with E-state index in [4.69, 9.17) is 27.9 Å². The summed E-state index contributed by atoms with van der Waals surface area (Å²) in [7, 11) is 1.30. The van der Waals surface area contributed by atoms with Crippen LogP contribution in [0.2, 0.25) is 10.0 Å². The van der Waals surface area contributed by atoms with Crippen molar-refractivity contribution >= 4 is 35.1 Å². The average Bonchev–Trinajstić information content (AvgIpc) is 2.73. The molecule has 1 saturated heterocycles. The fraction of sp³-hybridized carbons (Fsp3) is 0.364. The predicted octanol–water partition coefficient (Wildman–Crippen LogP) is 3.97. The van der Waals surface area contributed by atoms with Crippen molar-refractivity contribution < 1.29 is 14.3 Å². The number of hydrogen-bond donors (Lipinski definition) is 2. The third kappa shape index (κ3) is 5.50. The Morgan fingerprint density at radius 1 is 1.10 bits per heavy atom. The zero-order valence-electron chi connectivity index (χ0n) is 16.2. The number of methoxy groups -OCH3 is 1. The second kappa shape index (κ2) is 10.1. The number of hydrogen-bond acceptors (Lipinski definition) is 4. The molecule has 0 saturated carbocycles. The van der Waals surface area contributed by atoms with Crippen LogP contribution in [0.4, 0.5) is 0 Å². The Labute approximate surface area is 180 Å². The summed E-state index contributed by atoms with van der Waals surface area (Å²) < 4.78 is 4.87. The summed E-state index contributed by atoms with van der Waals surface area (Å²) in [6, 6.07) is 12.2. The highest BCUT2D eigenvalue weighted by molar-refractivity contribution is 6.39. The largest absolute Gasteiger partial charge is 0.467 e. The van der Waals surface area contributed by atoms with Crippen molar-refractivity contribution in [1.82, 2.24) is 10.6 Å². The van der Waals surface area contributed by atoms with Crippen LogP contribution >= 0.6 is 23.2 Å². The van der Waals surface area contributed by atoms with Gasteiger partial charge in [-0.2, -0.15) is 0 Å². The van der Waals surface area contributed by atoms with Gasteiger partial charge >= 0.3 is 5.97 Å². The Bertz CT molecular complexity index is 845. The minimum atomic E-state index is -0.843. The second-order valence-corrected chi connectivity index (χ2v) is 7.93. The van der Waals surface area contributed by atoms with E-state index in [2.05, 4.69) is 22.8 Å². The van der Waals surface area contributed by atoms with E-state index in [9.17, 15) is 9.59 Å². The number of nitrogens with one attached hydrogen (secondary N) is 2. The van der Waals surface area contributed by atoms with E-state index >= 15 is 0 Å². The summed E-state index contributed by atoms with van der Waals surface area (Å²) in [5.41, 5.74) is 2.38. The van der Waals surface area contributed by atoms with E-state index in [1.54, 1.807) is 18.2 Å². The van der Waals surface area contributed by atoms with Crippen LogP contribution < -0.4 is 10.6 Å². The van der Waals surface area contributed by atoms with Crippen LogP contribution in [0.1, 0.15) is 40.2 Å². The lowest BCUT2D eigenvalue weighted by atomic mass is 9.89. The summed E-state index contributed by atoms with van der Waals surface area (Å²) in [5, 5.41) is 6.53. The molecular weight excluding hydrogens is 411 g/mol. The summed E-state index contributed by atoms with van der Waals surface area (Å²) in [6.07, 6.45) is 2.56. The minimum Gasteiger partial charge on any atom is -0.467 e. The van der Waals surface area contributed by atoms with Gasteiger partial charge < -0.3 is 15.4 Å². The average molecular weight is 435 g/mol. The second-order valence-electron chi connectivity index (χ2n) is 7.12. The Morgan fingerprint density at radius 2 is 1.72 bits per heavy atom. The smallest absolute Gasteiger partial charge is 0.328 e. The maximum atomic E-state index is 12.7. The molecular formula is C22H24Cl2N2O3. The molecule has 1 fully saturated rings. The standard InChI is InChI=1S/C22H24Cl2N2O3/c1-29-22(28)19(26-21(27)20-17(23)3-2-4-18(20)24)13-14-5-7-15(8-6-14)16-9-11-25-12-10-16/h2-8,16,19,25H,9-13H2,1H3,(H,26,27). The van der Waals surface area contributed by atoms with Gasteiger partial charge in [0.05, 0.1) is 22.7 Å². The number of carbonyl (C=O) groups is 2. The van der Waals surface area contributed by atoms with E-state index in [0.717, 1.165) is 31.5 Å². The van der Waals surface area contributed by atoms with E-state index in [-0.39, 0.29) is 15.6 Å². The van der Waals surface area contributed by atoms with Crippen LogP contribution in [0, 0.1) is 0 Å². The first kappa shape index (κ1) is 21.6.